The zero-order valence-corrected chi connectivity index (χ0v) is 10.5. The number of benzene rings is 1. The van der Waals surface area contributed by atoms with Crippen LogP contribution in [-0.2, 0) is 16.8 Å². The summed E-state index contributed by atoms with van der Waals surface area (Å²) in [6.07, 6.45) is 2.68. The highest BCUT2D eigenvalue weighted by Crippen LogP contribution is 2.39. The minimum Gasteiger partial charge on any atom is -0.366 e. The second-order valence-corrected chi connectivity index (χ2v) is 4.98. The summed E-state index contributed by atoms with van der Waals surface area (Å²) in [6, 6.07) is 5.21. The van der Waals surface area contributed by atoms with Crippen LogP contribution in [0.3, 0.4) is 0 Å². The zero-order valence-electron chi connectivity index (χ0n) is 10.5. The fourth-order valence-electron chi connectivity index (χ4n) is 2.76. The van der Waals surface area contributed by atoms with Crippen molar-refractivity contribution >= 4 is 0 Å². The molecule has 2 nitrogen and oxygen atoms in total. The fraction of sp³-hybridized carbons (Fsp3) is 0.571. The molecule has 1 aliphatic rings. The van der Waals surface area contributed by atoms with Crippen molar-refractivity contribution in [3.8, 4) is 0 Å². The number of ether oxygens (including phenoxy) is 1. The monoisotopic (exact) mass is 237 g/mol. The third kappa shape index (κ3) is 2.22. The molecule has 0 amide bonds. The summed E-state index contributed by atoms with van der Waals surface area (Å²) in [5.41, 5.74) is 7.13. The van der Waals surface area contributed by atoms with E-state index < -0.39 is 5.60 Å². The van der Waals surface area contributed by atoms with Crippen LogP contribution in [0.2, 0.25) is 0 Å². The lowest BCUT2D eigenvalue weighted by Gasteiger charge is -2.39. The SMILES string of the molecule is CC(C)OC1(CN)CCCc2c(F)cccc21. The van der Waals surface area contributed by atoms with E-state index in [9.17, 15) is 4.39 Å². The van der Waals surface area contributed by atoms with Gasteiger partial charge >= 0.3 is 0 Å². The molecule has 0 bridgehead atoms. The van der Waals surface area contributed by atoms with E-state index in [-0.39, 0.29) is 11.9 Å². The van der Waals surface area contributed by atoms with Crippen LogP contribution in [0.15, 0.2) is 18.2 Å². The van der Waals surface area contributed by atoms with Crippen LogP contribution in [-0.4, -0.2) is 12.6 Å². The molecule has 0 saturated carbocycles. The first-order chi connectivity index (χ1) is 8.09. The summed E-state index contributed by atoms with van der Waals surface area (Å²) in [6.45, 7) is 4.39. The molecule has 0 aromatic heterocycles. The van der Waals surface area contributed by atoms with Crippen LogP contribution in [0.1, 0.15) is 37.8 Å². The number of rotatable bonds is 3. The predicted octanol–water partition coefficient (Wildman–Crippen LogP) is 2.74. The molecule has 3 heteroatoms. The minimum absolute atomic E-state index is 0.0905. The highest BCUT2D eigenvalue weighted by molar-refractivity contribution is 5.36. The van der Waals surface area contributed by atoms with E-state index in [4.69, 9.17) is 10.5 Å². The molecule has 1 aliphatic carbocycles. The second-order valence-electron chi connectivity index (χ2n) is 4.98. The Bertz CT molecular complexity index is 405. The van der Waals surface area contributed by atoms with E-state index in [0.717, 1.165) is 30.4 Å². The largest absolute Gasteiger partial charge is 0.366 e. The Morgan fingerprint density at radius 1 is 1.47 bits per heavy atom. The van der Waals surface area contributed by atoms with Gasteiger partial charge in [-0.25, -0.2) is 4.39 Å². The molecular weight excluding hydrogens is 217 g/mol. The summed E-state index contributed by atoms with van der Waals surface area (Å²) < 4.78 is 19.8. The lowest BCUT2D eigenvalue weighted by molar-refractivity contribution is -0.0899. The first-order valence-corrected chi connectivity index (χ1v) is 6.25. The zero-order chi connectivity index (χ0) is 12.5. The molecule has 0 saturated heterocycles. The van der Waals surface area contributed by atoms with E-state index in [1.54, 1.807) is 6.07 Å². The van der Waals surface area contributed by atoms with Gasteiger partial charge in [-0.2, -0.15) is 0 Å². The van der Waals surface area contributed by atoms with Crippen molar-refractivity contribution in [3.05, 3.63) is 35.1 Å². The molecule has 17 heavy (non-hydrogen) atoms. The summed E-state index contributed by atoms with van der Waals surface area (Å²) in [7, 11) is 0. The van der Waals surface area contributed by atoms with Crippen LogP contribution in [0, 0.1) is 5.82 Å². The predicted molar refractivity (Wildman–Crippen MR) is 66.3 cm³/mol. The summed E-state index contributed by atoms with van der Waals surface area (Å²) >= 11 is 0. The molecule has 1 aromatic rings. The Balaban J connectivity index is 2.48. The summed E-state index contributed by atoms with van der Waals surface area (Å²) in [4.78, 5) is 0. The average Bonchev–Trinajstić information content (AvgIpc) is 2.30. The van der Waals surface area contributed by atoms with Gasteiger partial charge in [0, 0.05) is 6.54 Å². The third-order valence-electron chi connectivity index (χ3n) is 3.41. The molecule has 0 aliphatic heterocycles. The van der Waals surface area contributed by atoms with Crippen molar-refractivity contribution in [2.45, 2.75) is 44.8 Å². The molecule has 0 heterocycles. The summed E-state index contributed by atoms with van der Waals surface area (Å²) in [5.74, 6) is -0.132. The quantitative estimate of drug-likeness (QED) is 0.877. The Kier molecular flexibility index (Phi) is 3.50. The molecule has 94 valence electrons. The van der Waals surface area contributed by atoms with Crippen LogP contribution in [0.4, 0.5) is 4.39 Å². The molecule has 0 radical (unpaired) electrons. The van der Waals surface area contributed by atoms with Gasteiger partial charge in [0.2, 0.25) is 0 Å². The van der Waals surface area contributed by atoms with Crippen molar-refractivity contribution in [1.29, 1.82) is 0 Å². The fourth-order valence-corrected chi connectivity index (χ4v) is 2.76. The van der Waals surface area contributed by atoms with E-state index in [1.165, 1.54) is 6.07 Å². The Labute approximate surface area is 102 Å². The number of hydrogen-bond donors (Lipinski definition) is 1. The number of halogens is 1. The normalized spacial score (nSPS) is 23.8. The molecular formula is C14H20FNO. The maximum atomic E-state index is 13.8. The molecule has 1 unspecified atom stereocenters. The third-order valence-corrected chi connectivity index (χ3v) is 3.41. The van der Waals surface area contributed by atoms with E-state index >= 15 is 0 Å². The van der Waals surface area contributed by atoms with E-state index in [2.05, 4.69) is 0 Å². The molecule has 2 rings (SSSR count). The lowest BCUT2D eigenvalue weighted by atomic mass is 9.78. The lowest BCUT2D eigenvalue weighted by Crippen LogP contribution is -2.43. The van der Waals surface area contributed by atoms with Crippen LogP contribution >= 0.6 is 0 Å². The van der Waals surface area contributed by atoms with Gasteiger partial charge in [-0.05, 0) is 50.3 Å². The maximum absolute atomic E-state index is 13.8. The Morgan fingerprint density at radius 2 is 2.24 bits per heavy atom. The van der Waals surface area contributed by atoms with Crippen LogP contribution in [0.5, 0.6) is 0 Å². The van der Waals surface area contributed by atoms with Gasteiger partial charge in [0.25, 0.3) is 0 Å². The van der Waals surface area contributed by atoms with Gasteiger partial charge in [-0.3, -0.25) is 0 Å². The van der Waals surface area contributed by atoms with Crippen molar-refractivity contribution in [2.24, 2.45) is 5.73 Å². The van der Waals surface area contributed by atoms with Gasteiger partial charge < -0.3 is 10.5 Å². The molecule has 1 aromatic carbocycles. The maximum Gasteiger partial charge on any atom is 0.126 e. The molecule has 0 fully saturated rings. The summed E-state index contributed by atoms with van der Waals surface area (Å²) in [5, 5.41) is 0. The minimum atomic E-state index is -0.496. The van der Waals surface area contributed by atoms with Crippen molar-refractivity contribution < 1.29 is 9.13 Å². The van der Waals surface area contributed by atoms with Gasteiger partial charge in [0.05, 0.1) is 6.10 Å². The number of fused-ring (bicyclic) bond motifs is 1. The average molecular weight is 237 g/mol. The van der Waals surface area contributed by atoms with Crippen LogP contribution < -0.4 is 5.73 Å². The van der Waals surface area contributed by atoms with Gasteiger partial charge in [0.1, 0.15) is 11.4 Å². The van der Waals surface area contributed by atoms with E-state index in [0.29, 0.717) is 6.54 Å². The van der Waals surface area contributed by atoms with E-state index in [1.807, 2.05) is 19.9 Å². The van der Waals surface area contributed by atoms with Gasteiger partial charge in [0.15, 0.2) is 0 Å². The highest BCUT2D eigenvalue weighted by atomic mass is 19.1. The highest BCUT2D eigenvalue weighted by Gasteiger charge is 2.38. The number of hydrogen-bond acceptors (Lipinski definition) is 2. The van der Waals surface area contributed by atoms with Crippen molar-refractivity contribution in [3.63, 3.8) is 0 Å². The van der Waals surface area contributed by atoms with Crippen molar-refractivity contribution in [1.82, 2.24) is 0 Å². The van der Waals surface area contributed by atoms with Gasteiger partial charge in [-0.15, -0.1) is 0 Å². The topological polar surface area (TPSA) is 35.2 Å². The first-order valence-electron chi connectivity index (χ1n) is 6.25. The van der Waals surface area contributed by atoms with Crippen LogP contribution in [0.25, 0.3) is 0 Å². The Hall–Kier alpha value is -0.930. The smallest absolute Gasteiger partial charge is 0.126 e. The number of nitrogens with two attached hydrogens (primary N) is 1. The van der Waals surface area contributed by atoms with Gasteiger partial charge in [-0.1, -0.05) is 12.1 Å². The molecule has 2 N–H and O–H groups in total. The molecule has 1 atom stereocenters. The van der Waals surface area contributed by atoms with Crippen molar-refractivity contribution in [2.75, 3.05) is 6.54 Å². The standard InChI is InChI=1S/C14H20FNO/c1-10(2)17-14(9-16)8-4-5-11-12(14)6-3-7-13(11)15/h3,6-7,10H,4-5,8-9,16H2,1-2H3. The molecule has 0 spiro atoms. The first kappa shape index (κ1) is 12.5. The Morgan fingerprint density at radius 3 is 2.88 bits per heavy atom. The second kappa shape index (κ2) is 4.75.